The Hall–Kier alpha value is -4.78. The molecule has 0 fully saturated rings. The highest BCUT2D eigenvalue weighted by molar-refractivity contribution is 9.10. The summed E-state index contributed by atoms with van der Waals surface area (Å²) < 4.78 is 32.4. The fourth-order valence-electron chi connectivity index (χ4n) is 3.52. The van der Waals surface area contributed by atoms with Crippen molar-refractivity contribution in [1.29, 1.82) is 0 Å². The molecule has 13 heteroatoms. The third-order valence-corrected chi connectivity index (χ3v) is 6.02. The SMILES string of the molecule is COc1ccc(C(=O)Oc2ccc(Br)cc2/C=N/NC(=O)CNC(=O)c2cc(OC)c(OC)c(OC)c2)cc1OC. The number of esters is 1. The van der Waals surface area contributed by atoms with E-state index in [1.807, 2.05) is 0 Å². The normalized spacial score (nSPS) is 10.5. The summed E-state index contributed by atoms with van der Waals surface area (Å²) in [6.07, 6.45) is 1.31. The van der Waals surface area contributed by atoms with Crippen LogP contribution in [0.15, 0.2) is 58.1 Å². The summed E-state index contributed by atoms with van der Waals surface area (Å²) in [7, 11) is 7.26. The van der Waals surface area contributed by atoms with E-state index in [2.05, 4.69) is 31.8 Å². The highest BCUT2D eigenvalue weighted by Gasteiger charge is 2.18. The van der Waals surface area contributed by atoms with Crippen LogP contribution in [-0.2, 0) is 4.79 Å². The van der Waals surface area contributed by atoms with E-state index in [9.17, 15) is 14.4 Å². The number of hydrazone groups is 1. The van der Waals surface area contributed by atoms with Crippen molar-refractivity contribution < 1.29 is 42.8 Å². The molecule has 41 heavy (non-hydrogen) atoms. The number of ether oxygens (including phenoxy) is 6. The molecule has 216 valence electrons. The molecular weight excluding hydrogens is 602 g/mol. The Bertz CT molecular complexity index is 1430. The molecule has 3 rings (SSSR count). The molecule has 0 aliphatic heterocycles. The number of amides is 2. The summed E-state index contributed by atoms with van der Waals surface area (Å²) >= 11 is 3.36. The van der Waals surface area contributed by atoms with E-state index in [0.717, 1.165) is 0 Å². The van der Waals surface area contributed by atoms with E-state index in [0.29, 0.717) is 38.8 Å². The second kappa shape index (κ2) is 14.6. The van der Waals surface area contributed by atoms with Crippen LogP contribution in [0, 0.1) is 0 Å². The van der Waals surface area contributed by atoms with Crippen LogP contribution in [0.5, 0.6) is 34.5 Å². The van der Waals surface area contributed by atoms with Gasteiger partial charge in [-0.05, 0) is 48.5 Å². The lowest BCUT2D eigenvalue weighted by atomic mass is 10.1. The third-order valence-electron chi connectivity index (χ3n) is 5.52. The monoisotopic (exact) mass is 629 g/mol. The first-order valence-corrected chi connectivity index (χ1v) is 12.7. The van der Waals surface area contributed by atoms with E-state index in [-0.39, 0.29) is 23.4 Å². The van der Waals surface area contributed by atoms with Crippen molar-refractivity contribution >= 4 is 39.9 Å². The molecule has 2 amide bonds. The van der Waals surface area contributed by atoms with Gasteiger partial charge in [-0.15, -0.1) is 0 Å². The molecule has 2 N–H and O–H groups in total. The Morgan fingerprint density at radius 3 is 1.98 bits per heavy atom. The smallest absolute Gasteiger partial charge is 0.343 e. The molecule has 0 heterocycles. The zero-order chi connectivity index (χ0) is 29.9. The highest BCUT2D eigenvalue weighted by Crippen LogP contribution is 2.38. The first-order chi connectivity index (χ1) is 19.7. The first kappa shape index (κ1) is 30.8. The van der Waals surface area contributed by atoms with Gasteiger partial charge in [-0.2, -0.15) is 5.10 Å². The molecular formula is C28H28BrN3O9. The molecule has 12 nitrogen and oxygen atoms in total. The Morgan fingerprint density at radius 1 is 0.756 bits per heavy atom. The number of halogens is 1. The lowest BCUT2D eigenvalue weighted by Crippen LogP contribution is -2.35. The Balaban J connectivity index is 1.64. The van der Waals surface area contributed by atoms with E-state index < -0.39 is 17.8 Å². The number of hydrogen-bond donors (Lipinski definition) is 2. The largest absolute Gasteiger partial charge is 0.493 e. The fourth-order valence-corrected chi connectivity index (χ4v) is 3.90. The van der Waals surface area contributed by atoms with Crippen LogP contribution in [0.2, 0.25) is 0 Å². The number of methoxy groups -OCH3 is 5. The van der Waals surface area contributed by atoms with E-state index >= 15 is 0 Å². The lowest BCUT2D eigenvalue weighted by Gasteiger charge is -2.14. The molecule has 0 saturated carbocycles. The predicted octanol–water partition coefficient (Wildman–Crippen LogP) is 3.59. The minimum atomic E-state index is -0.638. The second-order valence-electron chi connectivity index (χ2n) is 8.03. The average Bonchev–Trinajstić information content (AvgIpc) is 2.99. The van der Waals surface area contributed by atoms with Crippen molar-refractivity contribution in [2.75, 3.05) is 42.1 Å². The van der Waals surface area contributed by atoms with Gasteiger partial charge in [-0.25, -0.2) is 10.2 Å². The fraction of sp³-hybridized carbons (Fsp3) is 0.214. The molecule has 0 bridgehead atoms. The van der Waals surface area contributed by atoms with Gasteiger partial charge in [0, 0.05) is 15.6 Å². The van der Waals surface area contributed by atoms with Crippen LogP contribution < -0.4 is 39.2 Å². The predicted molar refractivity (Wildman–Crippen MR) is 153 cm³/mol. The number of benzene rings is 3. The average molecular weight is 630 g/mol. The zero-order valence-electron chi connectivity index (χ0n) is 22.9. The second-order valence-corrected chi connectivity index (χ2v) is 8.95. The van der Waals surface area contributed by atoms with Gasteiger partial charge in [0.1, 0.15) is 5.75 Å². The maximum absolute atomic E-state index is 12.8. The summed E-state index contributed by atoms with van der Waals surface area (Å²) in [5.74, 6) is 0.185. The number of nitrogens with zero attached hydrogens (tertiary/aromatic N) is 1. The van der Waals surface area contributed by atoms with Crippen LogP contribution >= 0.6 is 15.9 Å². The molecule has 0 unspecified atom stereocenters. The molecule has 0 aliphatic carbocycles. The third kappa shape index (κ3) is 7.88. The van der Waals surface area contributed by atoms with Gasteiger partial charge in [0.2, 0.25) is 5.75 Å². The molecule has 0 aliphatic rings. The molecule has 0 radical (unpaired) electrons. The lowest BCUT2D eigenvalue weighted by molar-refractivity contribution is -0.120. The van der Waals surface area contributed by atoms with Gasteiger partial charge in [-0.3, -0.25) is 9.59 Å². The molecule has 3 aromatic rings. The summed E-state index contributed by atoms with van der Waals surface area (Å²) in [4.78, 5) is 37.7. The summed E-state index contributed by atoms with van der Waals surface area (Å²) in [5, 5.41) is 6.42. The topological polar surface area (TPSA) is 143 Å². The van der Waals surface area contributed by atoms with Gasteiger partial charge in [0.05, 0.1) is 53.9 Å². The summed E-state index contributed by atoms with van der Waals surface area (Å²) in [6.45, 7) is -0.369. The van der Waals surface area contributed by atoms with E-state index in [1.54, 1.807) is 30.3 Å². The number of carbonyl (C=O) groups excluding carboxylic acids is 3. The van der Waals surface area contributed by atoms with E-state index in [4.69, 9.17) is 28.4 Å². The van der Waals surface area contributed by atoms with Crippen LogP contribution in [0.4, 0.5) is 0 Å². The molecule has 3 aromatic carbocycles. The van der Waals surface area contributed by atoms with Crippen molar-refractivity contribution in [3.8, 4) is 34.5 Å². The quantitative estimate of drug-likeness (QED) is 0.133. The number of rotatable bonds is 12. The Kier molecular flexibility index (Phi) is 10.9. The van der Waals surface area contributed by atoms with Gasteiger partial charge >= 0.3 is 5.97 Å². The van der Waals surface area contributed by atoms with Gasteiger partial charge < -0.3 is 33.7 Å². The highest BCUT2D eigenvalue weighted by atomic mass is 79.9. The van der Waals surface area contributed by atoms with Gasteiger partial charge in [-0.1, -0.05) is 15.9 Å². The van der Waals surface area contributed by atoms with Crippen molar-refractivity contribution in [1.82, 2.24) is 10.7 Å². The summed E-state index contributed by atoms with van der Waals surface area (Å²) in [5.41, 5.74) is 3.16. The van der Waals surface area contributed by atoms with Crippen LogP contribution in [0.3, 0.4) is 0 Å². The number of carbonyl (C=O) groups is 3. The van der Waals surface area contributed by atoms with Crippen molar-refractivity contribution in [2.45, 2.75) is 0 Å². The standard InChI is InChI=1S/C28H28BrN3O9/c1-36-21-8-6-16(11-22(21)37-2)28(35)41-20-9-7-19(29)10-18(20)14-31-32-25(33)15-30-27(34)17-12-23(38-3)26(40-5)24(13-17)39-4/h6-14H,15H2,1-5H3,(H,30,34)(H,32,33)/b31-14+. The zero-order valence-corrected chi connectivity index (χ0v) is 24.5. The molecule has 0 saturated heterocycles. The van der Waals surface area contributed by atoms with Crippen molar-refractivity contribution in [2.24, 2.45) is 5.10 Å². The van der Waals surface area contributed by atoms with Crippen molar-refractivity contribution in [3.05, 3.63) is 69.7 Å². The number of hydrogen-bond acceptors (Lipinski definition) is 10. The first-order valence-electron chi connectivity index (χ1n) is 11.9. The molecule has 0 spiro atoms. The van der Waals surface area contributed by atoms with Crippen molar-refractivity contribution in [3.63, 3.8) is 0 Å². The van der Waals surface area contributed by atoms with Gasteiger partial charge in [0.25, 0.3) is 11.8 Å². The maximum atomic E-state index is 12.8. The van der Waals surface area contributed by atoms with Crippen LogP contribution in [0.25, 0.3) is 0 Å². The van der Waals surface area contributed by atoms with Crippen LogP contribution in [0.1, 0.15) is 26.3 Å². The van der Waals surface area contributed by atoms with Gasteiger partial charge in [0.15, 0.2) is 23.0 Å². The Morgan fingerprint density at radius 2 is 1.37 bits per heavy atom. The molecule has 0 aromatic heterocycles. The minimum Gasteiger partial charge on any atom is -0.493 e. The van der Waals surface area contributed by atoms with Crippen LogP contribution in [-0.4, -0.2) is 66.1 Å². The Labute approximate surface area is 244 Å². The molecule has 0 atom stereocenters. The minimum absolute atomic E-state index is 0.196. The summed E-state index contributed by atoms with van der Waals surface area (Å²) in [6, 6.07) is 12.5. The van der Waals surface area contributed by atoms with E-state index in [1.165, 1.54) is 60.0 Å². The number of nitrogens with one attached hydrogen (secondary N) is 2. The maximum Gasteiger partial charge on any atom is 0.343 e.